The van der Waals surface area contributed by atoms with Gasteiger partial charge in [0.15, 0.2) is 0 Å². The molecule has 2 atom stereocenters. The summed E-state index contributed by atoms with van der Waals surface area (Å²) in [7, 11) is 0. The number of hydrogen-bond acceptors (Lipinski definition) is 3. The Bertz CT molecular complexity index is 540. The third-order valence-electron chi connectivity index (χ3n) is 2.77. The molecule has 0 amide bonds. The summed E-state index contributed by atoms with van der Waals surface area (Å²) in [6, 6.07) is 12.9. The zero-order chi connectivity index (χ0) is 13.8. The molecule has 0 fully saturated rings. The molecule has 3 nitrogen and oxygen atoms in total. The summed E-state index contributed by atoms with van der Waals surface area (Å²) in [6.07, 6.45) is -1.50. The molecule has 2 rings (SSSR count). The maximum absolute atomic E-state index is 13.1. The van der Waals surface area contributed by atoms with Gasteiger partial charge in [0.25, 0.3) is 0 Å². The predicted molar refractivity (Wildman–Crippen MR) is 72.2 cm³/mol. The highest BCUT2D eigenvalue weighted by Gasteiger charge is 2.11. The third-order valence-corrected chi connectivity index (χ3v) is 2.77. The van der Waals surface area contributed by atoms with Gasteiger partial charge in [0.2, 0.25) is 0 Å². The fourth-order valence-electron chi connectivity index (χ4n) is 1.87. The van der Waals surface area contributed by atoms with Crippen LogP contribution in [-0.2, 0) is 0 Å². The van der Waals surface area contributed by atoms with Crippen molar-refractivity contribution >= 4 is 5.69 Å². The number of halogens is 1. The van der Waals surface area contributed by atoms with Crippen LogP contribution in [-0.4, -0.2) is 16.4 Å². The predicted octanol–water partition coefficient (Wildman–Crippen LogP) is 2.66. The summed E-state index contributed by atoms with van der Waals surface area (Å²) in [5, 5.41) is 22.2. The second-order valence-corrected chi connectivity index (χ2v) is 4.40. The van der Waals surface area contributed by atoms with Crippen LogP contribution in [0.5, 0.6) is 0 Å². The summed E-state index contributed by atoms with van der Waals surface area (Å²) in [6.45, 7) is 1.62. The molecule has 0 aliphatic carbocycles. The molecule has 0 aliphatic heterocycles. The van der Waals surface area contributed by atoms with Gasteiger partial charge in [0.05, 0.1) is 0 Å². The van der Waals surface area contributed by atoms with Crippen LogP contribution >= 0.6 is 0 Å². The van der Waals surface area contributed by atoms with E-state index in [0.717, 1.165) is 5.69 Å². The molecule has 2 unspecified atom stereocenters. The summed E-state index contributed by atoms with van der Waals surface area (Å²) < 4.78 is 13.1. The van der Waals surface area contributed by atoms with Gasteiger partial charge in [-0.25, -0.2) is 4.39 Å². The lowest BCUT2D eigenvalue weighted by Crippen LogP contribution is -2.13. The number of aliphatic hydroxyl groups excluding tert-OH is 2. The van der Waals surface area contributed by atoms with Crippen molar-refractivity contribution in [2.75, 3.05) is 5.32 Å². The van der Waals surface area contributed by atoms with Crippen LogP contribution in [0.2, 0.25) is 0 Å². The number of anilines is 1. The molecule has 0 bridgehead atoms. The van der Waals surface area contributed by atoms with Crippen molar-refractivity contribution in [3.05, 3.63) is 65.5 Å². The Morgan fingerprint density at radius 2 is 1.68 bits per heavy atom. The van der Waals surface area contributed by atoms with Gasteiger partial charge in [0.1, 0.15) is 18.1 Å². The van der Waals surface area contributed by atoms with Crippen LogP contribution in [0, 0.1) is 5.82 Å². The first-order valence-corrected chi connectivity index (χ1v) is 6.04. The van der Waals surface area contributed by atoms with Gasteiger partial charge >= 0.3 is 0 Å². The molecule has 2 aromatic rings. The molecule has 0 radical (unpaired) electrons. The molecule has 0 spiro atoms. The highest BCUT2D eigenvalue weighted by molar-refractivity contribution is 5.46. The molecule has 0 saturated heterocycles. The fraction of sp³-hybridized carbons (Fsp3) is 0.200. The van der Waals surface area contributed by atoms with Gasteiger partial charge in [0, 0.05) is 5.69 Å². The molecular weight excluding hydrogens is 245 g/mol. The number of benzene rings is 2. The van der Waals surface area contributed by atoms with E-state index >= 15 is 0 Å². The van der Waals surface area contributed by atoms with Gasteiger partial charge in [-0.2, -0.15) is 0 Å². The van der Waals surface area contributed by atoms with E-state index in [1.54, 1.807) is 43.3 Å². The van der Waals surface area contributed by atoms with Crippen LogP contribution in [0.3, 0.4) is 0 Å². The minimum Gasteiger partial charge on any atom is -0.384 e. The van der Waals surface area contributed by atoms with Crippen LogP contribution in [0.1, 0.15) is 24.2 Å². The number of nitrogens with one attached hydrogen (secondary N) is 1. The second-order valence-electron chi connectivity index (χ2n) is 4.40. The molecule has 0 saturated carbocycles. The van der Waals surface area contributed by atoms with Crippen molar-refractivity contribution in [1.82, 2.24) is 0 Å². The van der Waals surface area contributed by atoms with E-state index in [4.69, 9.17) is 0 Å². The van der Waals surface area contributed by atoms with Gasteiger partial charge in [-0.1, -0.05) is 24.3 Å². The summed E-state index contributed by atoms with van der Waals surface area (Å²) in [5.74, 6) is -0.371. The lowest BCUT2D eigenvalue weighted by atomic mass is 10.0. The molecule has 4 heteroatoms. The Morgan fingerprint density at radius 1 is 1.00 bits per heavy atom. The highest BCUT2D eigenvalue weighted by Crippen LogP contribution is 2.23. The first-order chi connectivity index (χ1) is 9.06. The third kappa shape index (κ3) is 3.53. The Hall–Kier alpha value is -1.91. The largest absolute Gasteiger partial charge is 0.384 e. The zero-order valence-electron chi connectivity index (χ0n) is 10.5. The topological polar surface area (TPSA) is 52.5 Å². The maximum Gasteiger partial charge on any atom is 0.123 e. The monoisotopic (exact) mass is 261 g/mol. The highest BCUT2D eigenvalue weighted by atomic mass is 19.1. The van der Waals surface area contributed by atoms with Crippen LogP contribution < -0.4 is 5.32 Å². The Labute approximate surface area is 111 Å². The fourth-order valence-corrected chi connectivity index (χ4v) is 1.87. The van der Waals surface area contributed by atoms with Crippen LogP contribution in [0.25, 0.3) is 0 Å². The molecule has 0 aromatic heterocycles. The van der Waals surface area contributed by atoms with Crippen molar-refractivity contribution in [3.8, 4) is 0 Å². The lowest BCUT2D eigenvalue weighted by molar-refractivity contribution is 0.219. The van der Waals surface area contributed by atoms with E-state index < -0.39 is 12.3 Å². The maximum atomic E-state index is 13.1. The van der Waals surface area contributed by atoms with E-state index in [2.05, 4.69) is 5.32 Å². The van der Waals surface area contributed by atoms with Crippen molar-refractivity contribution < 1.29 is 14.6 Å². The molecule has 3 N–H and O–H groups in total. The quantitative estimate of drug-likeness (QED) is 0.742. The average Bonchev–Trinajstić information content (AvgIpc) is 2.38. The molecule has 100 valence electrons. The van der Waals surface area contributed by atoms with Gasteiger partial charge in [-0.15, -0.1) is 0 Å². The molecular formula is C15H16FNO2. The molecule has 2 aromatic carbocycles. The van der Waals surface area contributed by atoms with Gasteiger partial charge in [-0.3, -0.25) is 0 Å². The van der Waals surface area contributed by atoms with E-state index in [-0.39, 0.29) is 5.82 Å². The van der Waals surface area contributed by atoms with Crippen molar-refractivity contribution in [1.29, 1.82) is 0 Å². The van der Waals surface area contributed by atoms with Crippen LogP contribution in [0.4, 0.5) is 10.1 Å². The Kier molecular flexibility index (Phi) is 4.14. The Balaban J connectivity index is 2.17. The number of rotatable bonds is 4. The number of hydrogen-bond donors (Lipinski definition) is 3. The van der Waals surface area contributed by atoms with E-state index in [1.165, 1.54) is 12.1 Å². The first-order valence-electron chi connectivity index (χ1n) is 6.04. The van der Waals surface area contributed by atoms with Gasteiger partial charge in [-0.05, 0) is 42.3 Å². The summed E-state index contributed by atoms with van der Waals surface area (Å²) in [5.41, 5.74) is 1.93. The second kappa shape index (κ2) is 5.82. The molecule has 19 heavy (non-hydrogen) atoms. The zero-order valence-corrected chi connectivity index (χ0v) is 10.5. The minimum absolute atomic E-state index is 0.371. The van der Waals surface area contributed by atoms with E-state index in [9.17, 15) is 14.6 Å². The number of aliphatic hydroxyl groups is 2. The SMILES string of the molecule is CC(O)Nc1ccc(C(O)c2cccc(F)c2)cc1. The minimum atomic E-state index is -0.865. The first kappa shape index (κ1) is 13.5. The molecule has 0 aliphatic rings. The lowest BCUT2D eigenvalue weighted by Gasteiger charge is -2.13. The summed E-state index contributed by atoms with van der Waals surface area (Å²) in [4.78, 5) is 0. The summed E-state index contributed by atoms with van der Waals surface area (Å²) >= 11 is 0. The van der Waals surface area contributed by atoms with Crippen molar-refractivity contribution in [2.45, 2.75) is 19.3 Å². The average molecular weight is 261 g/mol. The van der Waals surface area contributed by atoms with Gasteiger partial charge < -0.3 is 15.5 Å². The smallest absolute Gasteiger partial charge is 0.123 e. The molecule has 0 heterocycles. The van der Waals surface area contributed by atoms with Crippen LogP contribution in [0.15, 0.2) is 48.5 Å². The standard InChI is InChI=1S/C15H16FNO2/c1-10(18)17-14-7-5-11(6-8-14)15(19)12-3-2-4-13(16)9-12/h2-10,15,17-19H,1H3. The van der Waals surface area contributed by atoms with Crippen molar-refractivity contribution in [3.63, 3.8) is 0 Å². The van der Waals surface area contributed by atoms with E-state index in [1.807, 2.05) is 0 Å². The Morgan fingerprint density at radius 3 is 2.26 bits per heavy atom. The normalized spacial score (nSPS) is 13.9. The van der Waals surface area contributed by atoms with E-state index in [0.29, 0.717) is 11.1 Å². The van der Waals surface area contributed by atoms with Crippen molar-refractivity contribution in [2.24, 2.45) is 0 Å².